The molecule has 0 unspecified atom stereocenters. The van der Waals surface area contributed by atoms with Gasteiger partial charge in [0.15, 0.2) is 5.58 Å². The Morgan fingerprint density at radius 3 is 3.17 bits per heavy atom. The van der Waals surface area contributed by atoms with Crippen LogP contribution in [0.25, 0.3) is 16.9 Å². The number of hydrogen-bond donors (Lipinski definition) is 0. The van der Waals surface area contributed by atoms with Gasteiger partial charge < -0.3 is 4.42 Å². The third-order valence-corrected chi connectivity index (χ3v) is 1.93. The van der Waals surface area contributed by atoms with Gasteiger partial charge in [0.05, 0.1) is 5.52 Å². The zero-order chi connectivity index (χ0) is 7.97. The monoisotopic (exact) mass is 158 g/mol. The number of oxazole rings is 1. The second-order valence-electron chi connectivity index (χ2n) is 2.65. The highest BCUT2D eigenvalue weighted by atomic mass is 16.4. The minimum Gasteiger partial charge on any atom is -0.423 e. The maximum atomic E-state index is 5.44. The smallest absolute Gasteiger partial charge is 0.306 e. The minimum absolute atomic E-state index is 0.649. The summed E-state index contributed by atoms with van der Waals surface area (Å²) in [4.78, 5) is 4.05. The van der Waals surface area contributed by atoms with Crippen LogP contribution in [0, 0.1) is 0 Å². The summed E-state index contributed by atoms with van der Waals surface area (Å²) in [5.74, 6) is 0.649. The van der Waals surface area contributed by atoms with E-state index in [1.165, 1.54) is 0 Å². The molecule has 1 aromatic carbocycles. The van der Waals surface area contributed by atoms with Crippen molar-refractivity contribution >= 4 is 16.9 Å². The number of nitrogens with zero attached hydrogens (tertiary/aromatic N) is 2. The van der Waals surface area contributed by atoms with Gasteiger partial charge in [-0.1, -0.05) is 12.1 Å². The van der Waals surface area contributed by atoms with E-state index in [1.54, 1.807) is 6.20 Å². The van der Waals surface area contributed by atoms with Crippen LogP contribution >= 0.6 is 0 Å². The third kappa shape index (κ3) is 0.580. The van der Waals surface area contributed by atoms with Gasteiger partial charge in [0.2, 0.25) is 0 Å². The van der Waals surface area contributed by atoms with Crippen LogP contribution in [0.4, 0.5) is 0 Å². The Labute approximate surface area is 68.2 Å². The maximum Gasteiger partial charge on any atom is 0.306 e. The van der Waals surface area contributed by atoms with Crippen molar-refractivity contribution in [3.63, 3.8) is 0 Å². The second kappa shape index (κ2) is 1.88. The van der Waals surface area contributed by atoms with E-state index in [1.807, 2.05) is 34.9 Å². The van der Waals surface area contributed by atoms with Gasteiger partial charge in [-0.25, -0.2) is 4.98 Å². The molecule has 58 valence electrons. The molecule has 0 fully saturated rings. The van der Waals surface area contributed by atoms with Crippen molar-refractivity contribution in [2.24, 2.45) is 0 Å². The van der Waals surface area contributed by atoms with Crippen molar-refractivity contribution in [2.45, 2.75) is 0 Å². The van der Waals surface area contributed by atoms with Gasteiger partial charge in [0, 0.05) is 12.4 Å². The van der Waals surface area contributed by atoms with E-state index in [0.29, 0.717) is 5.84 Å². The fourth-order valence-corrected chi connectivity index (χ4v) is 1.39. The third-order valence-electron chi connectivity index (χ3n) is 1.93. The summed E-state index contributed by atoms with van der Waals surface area (Å²) in [7, 11) is 0. The lowest BCUT2D eigenvalue weighted by Gasteiger charge is -1.84. The molecule has 3 nitrogen and oxygen atoms in total. The van der Waals surface area contributed by atoms with Gasteiger partial charge in [-0.05, 0) is 12.1 Å². The summed E-state index contributed by atoms with van der Waals surface area (Å²) in [6.45, 7) is 0. The topological polar surface area (TPSA) is 30.4 Å². The van der Waals surface area contributed by atoms with Crippen molar-refractivity contribution in [1.82, 2.24) is 9.38 Å². The number of benzene rings is 1. The SMILES string of the molecule is c1ccc2c(c1)oc1nccn12. The largest absolute Gasteiger partial charge is 0.423 e. The Morgan fingerprint density at radius 2 is 2.17 bits per heavy atom. The Bertz CT molecular complexity index is 534. The summed E-state index contributed by atoms with van der Waals surface area (Å²) in [5.41, 5.74) is 1.94. The molecule has 2 heterocycles. The molecule has 0 aliphatic carbocycles. The Morgan fingerprint density at radius 1 is 1.25 bits per heavy atom. The van der Waals surface area contributed by atoms with Gasteiger partial charge in [-0.15, -0.1) is 0 Å². The van der Waals surface area contributed by atoms with E-state index < -0.39 is 0 Å². The number of aromatic nitrogens is 2. The normalized spacial score (nSPS) is 11.3. The summed E-state index contributed by atoms with van der Waals surface area (Å²) in [6, 6.07) is 7.88. The molecular formula is C9H6N2O. The molecule has 12 heavy (non-hydrogen) atoms. The molecule has 3 rings (SSSR count). The van der Waals surface area contributed by atoms with Crippen molar-refractivity contribution in [1.29, 1.82) is 0 Å². The first-order valence-electron chi connectivity index (χ1n) is 3.76. The van der Waals surface area contributed by atoms with Crippen molar-refractivity contribution in [2.75, 3.05) is 0 Å². The molecule has 0 N–H and O–H groups in total. The summed E-state index contributed by atoms with van der Waals surface area (Å²) >= 11 is 0. The Hall–Kier alpha value is -1.77. The van der Waals surface area contributed by atoms with E-state index in [9.17, 15) is 0 Å². The molecule has 2 aromatic heterocycles. The average Bonchev–Trinajstić information content (AvgIpc) is 2.62. The first-order valence-corrected chi connectivity index (χ1v) is 3.76. The molecule has 0 bridgehead atoms. The van der Waals surface area contributed by atoms with Gasteiger partial charge in [0.1, 0.15) is 0 Å². The fourth-order valence-electron chi connectivity index (χ4n) is 1.39. The predicted octanol–water partition coefficient (Wildman–Crippen LogP) is 2.08. The molecule has 0 saturated heterocycles. The highest BCUT2D eigenvalue weighted by Gasteiger charge is 2.03. The van der Waals surface area contributed by atoms with E-state index in [4.69, 9.17) is 4.42 Å². The van der Waals surface area contributed by atoms with E-state index in [-0.39, 0.29) is 0 Å². The fraction of sp³-hybridized carbons (Fsp3) is 0. The van der Waals surface area contributed by atoms with E-state index in [2.05, 4.69) is 4.98 Å². The quantitative estimate of drug-likeness (QED) is 0.501. The molecule has 3 heteroatoms. The average molecular weight is 158 g/mol. The number of fused-ring (bicyclic) bond motifs is 3. The summed E-state index contributed by atoms with van der Waals surface area (Å²) in [6.07, 6.45) is 3.62. The highest BCUT2D eigenvalue weighted by molar-refractivity contribution is 5.76. The zero-order valence-corrected chi connectivity index (χ0v) is 6.27. The van der Waals surface area contributed by atoms with Crippen LogP contribution in [0.15, 0.2) is 41.1 Å². The number of rotatable bonds is 0. The van der Waals surface area contributed by atoms with Crippen molar-refractivity contribution in [3.8, 4) is 0 Å². The lowest BCUT2D eigenvalue weighted by molar-refractivity contribution is 0.641. The van der Waals surface area contributed by atoms with E-state index >= 15 is 0 Å². The standard InChI is InChI=1S/C9H6N2O/c1-2-4-8-7(3-1)11-6-5-10-9(11)12-8/h1-6H. The number of para-hydroxylation sites is 2. The van der Waals surface area contributed by atoms with Crippen molar-refractivity contribution < 1.29 is 4.42 Å². The minimum atomic E-state index is 0.649. The molecule has 0 amide bonds. The summed E-state index contributed by atoms with van der Waals surface area (Å²) < 4.78 is 7.37. The summed E-state index contributed by atoms with van der Waals surface area (Å²) in [5, 5.41) is 0. The number of hydrogen-bond acceptors (Lipinski definition) is 2. The number of imidazole rings is 1. The molecule has 0 aliphatic rings. The highest BCUT2D eigenvalue weighted by Crippen LogP contribution is 2.17. The van der Waals surface area contributed by atoms with Gasteiger partial charge in [0.25, 0.3) is 0 Å². The Balaban J connectivity index is 2.68. The molecule has 0 aliphatic heterocycles. The van der Waals surface area contributed by atoms with Crippen LogP contribution < -0.4 is 0 Å². The van der Waals surface area contributed by atoms with Gasteiger partial charge in [-0.2, -0.15) is 0 Å². The zero-order valence-electron chi connectivity index (χ0n) is 6.27. The molecule has 0 radical (unpaired) electrons. The van der Waals surface area contributed by atoms with Crippen LogP contribution in [-0.4, -0.2) is 9.38 Å². The molecule has 0 saturated carbocycles. The molecule has 0 atom stereocenters. The lowest BCUT2D eigenvalue weighted by Crippen LogP contribution is -1.74. The van der Waals surface area contributed by atoms with Gasteiger partial charge >= 0.3 is 5.84 Å². The van der Waals surface area contributed by atoms with Crippen LogP contribution in [-0.2, 0) is 0 Å². The second-order valence-corrected chi connectivity index (χ2v) is 2.65. The lowest BCUT2D eigenvalue weighted by atomic mass is 10.3. The molecule has 0 spiro atoms. The van der Waals surface area contributed by atoms with Gasteiger partial charge in [-0.3, -0.25) is 4.40 Å². The Kier molecular flexibility index (Phi) is 0.913. The van der Waals surface area contributed by atoms with Crippen molar-refractivity contribution in [3.05, 3.63) is 36.7 Å². The van der Waals surface area contributed by atoms with E-state index in [0.717, 1.165) is 11.1 Å². The van der Waals surface area contributed by atoms with Crippen LogP contribution in [0.3, 0.4) is 0 Å². The first kappa shape index (κ1) is 5.83. The van der Waals surface area contributed by atoms with Crippen LogP contribution in [0.5, 0.6) is 0 Å². The molecular weight excluding hydrogens is 152 g/mol. The molecule has 3 aromatic rings. The predicted molar refractivity (Wildman–Crippen MR) is 45.0 cm³/mol. The van der Waals surface area contributed by atoms with Crippen LogP contribution in [0.2, 0.25) is 0 Å². The maximum absolute atomic E-state index is 5.44. The first-order chi connectivity index (χ1) is 5.95. The van der Waals surface area contributed by atoms with Crippen LogP contribution in [0.1, 0.15) is 0 Å².